The van der Waals surface area contributed by atoms with Gasteiger partial charge in [0.15, 0.2) is 6.23 Å². The van der Waals surface area contributed by atoms with Crippen LogP contribution >= 0.6 is 0 Å². The molecule has 0 spiro atoms. The Kier molecular flexibility index (Phi) is 3.94. The minimum atomic E-state index is -1.38. The van der Waals surface area contributed by atoms with Gasteiger partial charge in [0.2, 0.25) is 0 Å². The van der Waals surface area contributed by atoms with Gasteiger partial charge < -0.3 is 9.84 Å². The van der Waals surface area contributed by atoms with Gasteiger partial charge >= 0.3 is 11.8 Å². The Balaban J connectivity index is 1.94. The number of benzene rings is 1. The standard InChI is InChI=1S/C16H19N3O4/c1-10-3-5-12(6-4-10)9-18-15(20)19-13(17-18)7-11(2)8-14(19)23-16(21)22/h3-6,11,14H,7-9H2,1-2H3,(H,21,22). The first-order valence-electron chi connectivity index (χ1n) is 7.57. The van der Waals surface area contributed by atoms with Gasteiger partial charge in [0.25, 0.3) is 0 Å². The molecule has 2 heterocycles. The third-order valence-electron chi connectivity index (χ3n) is 4.05. The van der Waals surface area contributed by atoms with E-state index in [1.165, 1.54) is 9.25 Å². The molecule has 2 atom stereocenters. The molecule has 1 aliphatic rings. The van der Waals surface area contributed by atoms with Gasteiger partial charge in [-0.05, 0) is 18.4 Å². The second kappa shape index (κ2) is 5.91. The Morgan fingerprint density at radius 1 is 1.39 bits per heavy atom. The molecular weight excluding hydrogens is 298 g/mol. The molecule has 0 bridgehead atoms. The Labute approximate surface area is 133 Å². The van der Waals surface area contributed by atoms with E-state index in [-0.39, 0.29) is 11.6 Å². The molecule has 1 aromatic heterocycles. The highest BCUT2D eigenvalue weighted by Crippen LogP contribution is 2.27. The Hall–Kier alpha value is -2.57. The molecule has 0 radical (unpaired) electrons. The number of nitrogens with zero attached hydrogens (tertiary/aromatic N) is 3. The second-order valence-corrected chi connectivity index (χ2v) is 6.10. The molecule has 0 saturated carbocycles. The number of carbonyl (C=O) groups is 1. The molecule has 1 N–H and O–H groups in total. The van der Waals surface area contributed by atoms with Crippen LogP contribution in [-0.4, -0.2) is 25.6 Å². The second-order valence-electron chi connectivity index (χ2n) is 6.10. The fourth-order valence-corrected chi connectivity index (χ4v) is 2.92. The predicted octanol–water partition coefficient (Wildman–Crippen LogP) is 2.18. The zero-order chi connectivity index (χ0) is 16.6. The highest BCUT2D eigenvalue weighted by atomic mass is 16.7. The van der Waals surface area contributed by atoms with Crippen molar-refractivity contribution in [1.29, 1.82) is 0 Å². The number of aryl methyl sites for hydroxylation is 1. The van der Waals surface area contributed by atoms with Crippen LogP contribution in [0.15, 0.2) is 29.1 Å². The average molecular weight is 317 g/mol. The summed E-state index contributed by atoms with van der Waals surface area (Å²) in [7, 11) is 0. The highest BCUT2D eigenvalue weighted by molar-refractivity contribution is 5.56. The van der Waals surface area contributed by atoms with Crippen LogP contribution in [-0.2, 0) is 17.7 Å². The number of hydrogen-bond donors (Lipinski definition) is 1. The van der Waals surface area contributed by atoms with Crippen LogP contribution in [0.2, 0.25) is 0 Å². The number of ether oxygens (including phenoxy) is 1. The van der Waals surface area contributed by atoms with E-state index in [1.807, 2.05) is 38.1 Å². The molecule has 2 unspecified atom stereocenters. The minimum Gasteiger partial charge on any atom is -0.450 e. The van der Waals surface area contributed by atoms with Gasteiger partial charge in [-0.15, -0.1) is 0 Å². The van der Waals surface area contributed by atoms with Crippen molar-refractivity contribution in [3.63, 3.8) is 0 Å². The van der Waals surface area contributed by atoms with E-state index in [0.717, 1.165) is 11.1 Å². The molecule has 3 rings (SSSR count). The average Bonchev–Trinajstić information content (AvgIpc) is 2.77. The molecule has 23 heavy (non-hydrogen) atoms. The van der Waals surface area contributed by atoms with Crippen molar-refractivity contribution < 1.29 is 14.6 Å². The summed E-state index contributed by atoms with van der Waals surface area (Å²) >= 11 is 0. The first-order chi connectivity index (χ1) is 10.9. The molecule has 0 amide bonds. The molecule has 0 aliphatic carbocycles. The van der Waals surface area contributed by atoms with Gasteiger partial charge in [0.05, 0.1) is 6.54 Å². The summed E-state index contributed by atoms with van der Waals surface area (Å²) in [6.07, 6.45) is -1.07. The van der Waals surface area contributed by atoms with E-state index in [1.54, 1.807) is 0 Å². The highest BCUT2D eigenvalue weighted by Gasteiger charge is 2.31. The third kappa shape index (κ3) is 3.13. The Morgan fingerprint density at radius 3 is 2.74 bits per heavy atom. The van der Waals surface area contributed by atoms with Crippen LogP contribution in [0.25, 0.3) is 0 Å². The molecule has 7 heteroatoms. The van der Waals surface area contributed by atoms with Crippen LogP contribution in [0, 0.1) is 12.8 Å². The van der Waals surface area contributed by atoms with Gasteiger partial charge in [0.1, 0.15) is 5.82 Å². The maximum atomic E-state index is 12.6. The number of hydrogen-bond acceptors (Lipinski definition) is 4. The number of aromatic nitrogens is 3. The summed E-state index contributed by atoms with van der Waals surface area (Å²) < 4.78 is 7.61. The van der Waals surface area contributed by atoms with Crippen molar-refractivity contribution in [1.82, 2.24) is 14.3 Å². The van der Waals surface area contributed by atoms with E-state index in [0.29, 0.717) is 25.2 Å². The number of fused-ring (bicyclic) bond motifs is 1. The first-order valence-corrected chi connectivity index (χ1v) is 7.57. The lowest BCUT2D eigenvalue weighted by Gasteiger charge is -2.26. The lowest BCUT2D eigenvalue weighted by atomic mass is 9.99. The van der Waals surface area contributed by atoms with Crippen molar-refractivity contribution in [2.24, 2.45) is 5.92 Å². The zero-order valence-electron chi connectivity index (χ0n) is 13.1. The normalized spacial score (nSPS) is 20.1. The fourth-order valence-electron chi connectivity index (χ4n) is 2.92. The fraction of sp³-hybridized carbons (Fsp3) is 0.438. The molecule has 1 aliphatic heterocycles. The first kappa shape index (κ1) is 15.3. The van der Waals surface area contributed by atoms with Crippen molar-refractivity contribution >= 4 is 6.16 Å². The molecular formula is C16H19N3O4. The van der Waals surface area contributed by atoms with Crippen molar-refractivity contribution in [2.45, 2.75) is 39.5 Å². The maximum absolute atomic E-state index is 12.6. The molecule has 122 valence electrons. The number of rotatable bonds is 3. The van der Waals surface area contributed by atoms with Gasteiger partial charge in [0, 0.05) is 12.8 Å². The molecule has 1 aromatic carbocycles. The topological polar surface area (TPSA) is 86.4 Å². The molecule has 0 saturated heterocycles. The van der Waals surface area contributed by atoms with E-state index in [2.05, 4.69) is 5.10 Å². The third-order valence-corrected chi connectivity index (χ3v) is 4.05. The summed E-state index contributed by atoms with van der Waals surface area (Å²) in [5.74, 6) is 0.786. The van der Waals surface area contributed by atoms with Crippen LogP contribution in [0.3, 0.4) is 0 Å². The largest absolute Gasteiger partial charge is 0.507 e. The molecule has 7 nitrogen and oxygen atoms in total. The monoisotopic (exact) mass is 317 g/mol. The summed E-state index contributed by atoms with van der Waals surface area (Å²) in [6, 6.07) is 7.87. The Morgan fingerprint density at radius 2 is 2.09 bits per heavy atom. The minimum absolute atomic E-state index is 0.210. The van der Waals surface area contributed by atoms with Gasteiger partial charge in [-0.25, -0.2) is 18.8 Å². The lowest BCUT2D eigenvalue weighted by Crippen LogP contribution is -2.35. The lowest BCUT2D eigenvalue weighted by molar-refractivity contribution is -0.00490. The summed E-state index contributed by atoms with van der Waals surface area (Å²) in [5.41, 5.74) is 1.78. The molecule has 0 fully saturated rings. The summed E-state index contributed by atoms with van der Waals surface area (Å²) in [4.78, 5) is 23.4. The maximum Gasteiger partial charge on any atom is 0.507 e. The van der Waals surface area contributed by atoms with Crippen LogP contribution in [0.5, 0.6) is 0 Å². The van der Waals surface area contributed by atoms with Crippen molar-refractivity contribution in [2.75, 3.05) is 0 Å². The van der Waals surface area contributed by atoms with Crippen molar-refractivity contribution in [3.05, 3.63) is 51.7 Å². The van der Waals surface area contributed by atoms with Gasteiger partial charge in [-0.1, -0.05) is 36.8 Å². The van der Waals surface area contributed by atoms with Crippen molar-refractivity contribution in [3.8, 4) is 0 Å². The van der Waals surface area contributed by atoms with E-state index < -0.39 is 12.4 Å². The number of carboxylic acid groups (broad SMARTS) is 1. The zero-order valence-corrected chi connectivity index (χ0v) is 13.1. The quantitative estimate of drug-likeness (QED) is 0.877. The molecule has 2 aromatic rings. The Bertz CT molecular complexity index is 776. The van der Waals surface area contributed by atoms with E-state index in [9.17, 15) is 9.59 Å². The van der Waals surface area contributed by atoms with Gasteiger partial charge in [-0.3, -0.25) is 0 Å². The summed E-state index contributed by atoms with van der Waals surface area (Å²) in [6.45, 7) is 4.35. The predicted molar refractivity (Wildman–Crippen MR) is 82.4 cm³/mol. The summed E-state index contributed by atoms with van der Waals surface area (Å²) in [5, 5.41) is 13.2. The SMILES string of the molecule is Cc1ccc(Cn2nc3n(c2=O)C(OC(=O)O)CC(C)C3)cc1. The van der Waals surface area contributed by atoms with E-state index >= 15 is 0 Å². The van der Waals surface area contributed by atoms with Gasteiger partial charge in [-0.2, -0.15) is 5.10 Å². The van der Waals surface area contributed by atoms with Crippen LogP contribution in [0.4, 0.5) is 4.79 Å². The van der Waals surface area contributed by atoms with E-state index in [4.69, 9.17) is 9.84 Å². The smallest absolute Gasteiger partial charge is 0.450 e. The van der Waals surface area contributed by atoms with Crippen LogP contribution < -0.4 is 5.69 Å². The van der Waals surface area contributed by atoms with Crippen LogP contribution in [0.1, 0.15) is 36.5 Å².